The Morgan fingerprint density at radius 2 is 2.47 bits per heavy atom. The van der Waals surface area contributed by atoms with Gasteiger partial charge in [-0.25, -0.2) is 4.98 Å². The van der Waals surface area contributed by atoms with Crippen molar-refractivity contribution in [3.63, 3.8) is 0 Å². The number of hydrogen-bond donors (Lipinski definition) is 0. The van der Waals surface area contributed by atoms with E-state index in [1.807, 2.05) is 11.7 Å². The minimum atomic E-state index is -0.0704. The molecule has 4 nitrogen and oxygen atoms in total. The Hall–Kier alpha value is -0.420. The van der Waals surface area contributed by atoms with Crippen LogP contribution in [-0.2, 0) is 18.2 Å². The Balaban J connectivity index is 2.10. The van der Waals surface area contributed by atoms with Gasteiger partial charge in [-0.1, -0.05) is 15.9 Å². The molecule has 0 radical (unpaired) electrons. The summed E-state index contributed by atoms with van der Waals surface area (Å²) in [6.45, 7) is 0.865. The number of nitrogens with zero attached hydrogens (tertiary/aromatic N) is 3. The number of rotatable bonds is 3. The highest BCUT2D eigenvalue weighted by Crippen LogP contribution is 2.29. The lowest BCUT2D eigenvalue weighted by atomic mass is 9.92. The number of alkyl halides is 1. The van der Waals surface area contributed by atoms with E-state index in [-0.39, 0.29) is 5.60 Å². The molecule has 1 aliphatic heterocycles. The van der Waals surface area contributed by atoms with Gasteiger partial charge in [-0.05, 0) is 19.3 Å². The third-order valence-corrected chi connectivity index (χ3v) is 3.99. The minimum absolute atomic E-state index is 0.0704. The Morgan fingerprint density at radius 3 is 3.00 bits per heavy atom. The second-order valence-electron chi connectivity index (χ2n) is 4.10. The summed E-state index contributed by atoms with van der Waals surface area (Å²) in [7, 11) is 1.92. The van der Waals surface area contributed by atoms with E-state index >= 15 is 0 Å². The molecule has 0 saturated carbocycles. The van der Waals surface area contributed by atoms with Gasteiger partial charge in [0.2, 0.25) is 0 Å². The van der Waals surface area contributed by atoms with Crippen molar-refractivity contribution >= 4 is 15.9 Å². The lowest BCUT2D eigenvalue weighted by Crippen LogP contribution is -2.41. The summed E-state index contributed by atoms with van der Waals surface area (Å²) < 4.78 is 7.74. The monoisotopic (exact) mass is 273 g/mol. The highest BCUT2D eigenvalue weighted by Gasteiger charge is 2.33. The Bertz CT molecular complexity index is 320. The van der Waals surface area contributed by atoms with Gasteiger partial charge in [0, 0.05) is 25.4 Å². The number of ether oxygens (including phenoxy) is 1. The van der Waals surface area contributed by atoms with Gasteiger partial charge in [0.15, 0.2) is 0 Å². The lowest BCUT2D eigenvalue weighted by Gasteiger charge is -2.35. The molecule has 1 aliphatic rings. The minimum Gasteiger partial charge on any atom is -0.374 e. The van der Waals surface area contributed by atoms with Crippen LogP contribution in [0.2, 0.25) is 0 Å². The van der Waals surface area contributed by atoms with E-state index in [2.05, 4.69) is 26.0 Å². The summed E-state index contributed by atoms with van der Waals surface area (Å²) in [5.41, 5.74) is -0.0704. The molecule has 0 aromatic carbocycles. The third-order valence-electron chi connectivity index (χ3n) is 2.96. The van der Waals surface area contributed by atoms with Crippen LogP contribution >= 0.6 is 15.9 Å². The second-order valence-corrected chi connectivity index (χ2v) is 4.66. The van der Waals surface area contributed by atoms with Gasteiger partial charge < -0.3 is 4.74 Å². The normalized spacial score (nSPS) is 26.8. The average molecular weight is 274 g/mol. The predicted molar refractivity (Wildman–Crippen MR) is 61.0 cm³/mol. The zero-order chi connectivity index (χ0) is 10.7. The van der Waals surface area contributed by atoms with Crippen molar-refractivity contribution in [3.05, 3.63) is 12.2 Å². The Kier molecular flexibility index (Phi) is 3.41. The fourth-order valence-corrected chi connectivity index (χ4v) is 2.61. The maximum atomic E-state index is 5.92. The first-order valence-corrected chi connectivity index (χ1v) is 6.41. The van der Waals surface area contributed by atoms with Crippen molar-refractivity contribution < 1.29 is 4.74 Å². The Labute approximate surface area is 98.2 Å². The van der Waals surface area contributed by atoms with Crippen molar-refractivity contribution in [2.24, 2.45) is 7.05 Å². The van der Waals surface area contributed by atoms with E-state index < -0.39 is 0 Å². The molecule has 1 unspecified atom stereocenters. The fourth-order valence-electron chi connectivity index (χ4n) is 1.97. The molecule has 1 aromatic rings. The molecule has 0 spiro atoms. The summed E-state index contributed by atoms with van der Waals surface area (Å²) in [5, 5.41) is 4.95. The van der Waals surface area contributed by atoms with E-state index in [1.54, 1.807) is 6.33 Å². The van der Waals surface area contributed by atoms with Gasteiger partial charge in [0.25, 0.3) is 0 Å². The molecule has 1 fully saturated rings. The molecular formula is C10H16BrN3O. The fraction of sp³-hybridized carbons (Fsp3) is 0.800. The van der Waals surface area contributed by atoms with Crippen LogP contribution in [0.3, 0.4) is 0 Å². The standard InChI is InChI=1S/C10H16BrN3O/c1-14-9(12-8-13-14)6-10(7-11)4-2-3-5-15-10/h8H,2-7H2,1H3. The van der Waals surface area contributed by atoms with E-state index in [0.29, 0.717) is 0 Å². The zero-order valence-corrected chi connectivity index (χ0v) is 10.5. The molecule has 2 heterocycles. The van der Waals surface area contributed by atoms with E-state index in [4.69, 9.17) is 4.74 Å². The first-order valence-electron chi connectivity index (χ1n) is 5.29. The summed E-state index contributed by atoms with van der Waals surface area (Å²) in [6, 6.07) is 0. The van der Waals surface area contributed by atoms with Crippen molar-refractivity contribution in [1.29, 1.82) is 0 Å². The number of aromatic nitrogens is 3. The lowest BCUT2D eigenvalue weighted by molar-refractivity contribution is -0.0613. The van der Waals surface area contributed by atoms with Crippen LogP contribution in [-0.4, -0.2) is 32.3 Å². The highest BCUT2D eigenvalue weighted by molar-refractivity contribution is 9.09. The molecule has 2 rings (SSSR count). The van der Waals surface area contributed by atoms with Crippen molar-refractivity contribution in [1.82, 2.24) is 14.8 Å². The average Bonchev–Trinajstić information content (AvgIpc) is 2.66. The van der Waals surface area contributed by atoms with Crippen LogP contribution in [0.15, 0.2) is 6.33 Å². The van der Waals surface area contributed by atoms with Crippen LogP contribution < -0.4 is 0 Å². The van der Waals surface area contributed by atoms with Crippen molar-refractivity contribution in [3.8, 4) is 0 Å². The topological polar surface area (TPSA) is 39.9 Å². The zero-order valence-electron chi connectivity index (χ0n) is 8.95. The maximum Gasteiger partial charge on any atom is 0.138 e. The van der Waals surface area contributed by atoms with Crippen molar-refractivity contribution in [2.75, 3.05) is 11.9 Å². The molecule has 1 atom stereocenters. The summed E-state index contributed by atoms with van der Waals surface area (Å²) in [4.78, 5) is 4.25. The second kappa shape index (κ2) is 4.61. The maximum absolute atomic E-state index is 5.92. The van der Waals surface area contributed by atoms with Crippen LogP contribution in [0.5, 0.6) is 0 Å². The molecule has 0 bridgehead atoms. The first kappa shape index (κ1) is 11.1. The molecule has 1 aromatic heterocycles. The molecule has 15 heavy (non-hydrogen) atoms. The number of hydrogen-bond acceptors (Lipinski definition) is 3. The summed E-state index contributed by atoms with van der Waals surface area (Å²) >= 11 is 3.56. The van der Waals surface area contributed by atoms with Crippen LogP contribution in [0.4, 0.5) is 0 Å². The van der Waals surface area contributed by atoms with Crippen LogP contribution in [0, 0.1) is 0 Å². The molecule has 84 valence electrons. The smallest absolute Gasteiger partial charge is 0.138 e. The predicted octanol–water partition coefficient (Wildman–Crippen LogP) is 1.69. The van der Waals surface area contributed by atoms with Gasteiger partial charge in [0.05, 0.1) is 5.60 Å². The van der Waals surface area contributed by atoms with Gasteiger partial charge in [-0.3, -0.25) is 4.68 Å². The van der Waals surface area contributed by atoms with Gasteiger partial charge in [0.1, 0.15) is 12.2 Å². The number of aryl methyl sites for hydroxylation is 1. The van der Waals surface area contributed by atoms with Gasteiger partial charge in [-0.15, -0.1) is 0 Å². The van der Waals surface area contributed by atoms with E-state index in [1.165, 1.54) is 12.8 Å². The Morgan fingerprint density at radius 1 is 1.60 bits per heavy atom. The largest absolute Gasteiger partial charge is 0.374 e. The molecular weight excluding hydrogens is 258 g/mol. The molecule has 0 aliphatic carbocycles. The highest BCUT2D eigenvalue weighted by atomic mass is 79.9. The molecule has 5 heteroatoms. The number of halogens is 1. The van der Waals surface area contributed by atoms with E-state index in [0.717, 1.165) is 30.6 Å². The summed E-state index contributed by atoms with van der Waals surface area (Å²) in [6.07, 6.45) is 5.96. The van der Waals surface area contributed by atoms with Gasteiger partial charge >= 0.3 is 0 Å². The molecule has 0 amide bonds. The van der Waals surface area contributed by atoms with Gasteiger partial charge in [-0.2, -0.15) is 5.10 Å². The molecule has 1 saturated heterocycles. The van der Waals surface area contributed by atoms with Crippen LogP contribution in [0.25, 0.3) is 0 Å². The molecule has 0 N–H and O–H groups in total. The quantitative estimate of drug-likeness (QED) is 0.787. The third kappa shape index (κ3) is 2.39. The van der Waals surface area contributed by atoms with Crippen molar-refractivity contribution in [2.45, 2.75) is 31.3 Å². The first-order chi connectivity index (χ1) is 7.26. The SMILES string of the molecule is Cn1ncnc1CC1(CBr)CCCCO1. The van der Waals surface area contributed by atoms with E-state index in [9.17, 15) is 0 Å². The summed E-state index contributed by atoms with van der Waals surface area (Å²) in [5.74, 6) is 0.997. The van der Waals surface area contributed by atoms with Crippen LogP contribution in [0.1, 0.15) is 25.1 Å².